The van der Waals surface area contributed by atoms with E-state index in [0.29, 0.717) is 0 Å². The van der Waals surface area contributed by atoms with Gasteiger partial charge in [-0.1, -0.05) is 76.5 Å². The number of benzene rings is 1. The molecular formula is C16H28O3S. The van der Waals surface area contributed by atoms with E-state index >= 15 is 0 Å². The van der Waals surface area contributed by atoms with Crippen molar-refractivity contribution in [3.63, 3.8) is 0 Å². The molecule has 1 N–H and O–H groups in total. The third-order valence-electron chi connectivity index (χ3n) is 3.03. The first kappa shape index (κ1) is 19.1. The van der Waals surface area contributed by atoms with Gasteiger partial charge in [0.2, 0.25) is 0 Å². The van der Waals surface area contributed by atoms with Crippen LogP contribution < -0.4 is 0 Å². The summed E-state index contributed by atoms with van der Waals surface area (Å²) in [5.41, 5.74) is 0.956. The summed E-state index contributed by atoms with van der Waals surface area (Å²) in [5.74, 6) is 0. The molecule has 1 rings (SSSR count). The average Bonchev–Trinajstić information content (AvgIpc) is 2.39. The van der Waals surface area contributed by atoms with Crippen LogP contribution in [-0.4, -0.2) is 13.0 Å². The van der Waals surface area contributed by atoms with Gasteiger partial charge in [-0.3, -0.25) is 4.55 Å². The zero-order chi connectivity index (χ0) is 15.4. The quantitative estimate of drug-likeness (QED) is 0.569. The van der Waals surface area contributed by atoms with Gasteiger partial charge in [-0.25, -0.2) is 0 Å². The highest BCUT2D eigenvalue weighted by Crippen LogP contribution is 2.08. The molecule has 0 amide bonds. The molecule has 0 saturated heterocycles. The van der Waals surface area contributed by atoms with Crippen LogP contribution in [0.25, 0.3) is 0 Å². The number of aryl methyl sites for hydroxylation is 1. The van der Waals surface area contributed by atoms with Gasteiger partial charge in [0.25, 0.3) is 10.1 Å². The van der Waals surface area contributed by atoms with E-state index in [-0.39, 0.29) is 4.90 Å². The van der Waals surface area contributed by atoms with E-state index in [2.05, 4.69) is 13.8 Å². The fourth-order valence-electron chi connectivity index (χ4n) is 1.74. The van der Waals surface area contributed by atoms with Crippen molar-refractivity contribution in [2.75, 3.05) is 0 Å². The first-order valence-electron chi connectivity index (χ1n) is 7.46. The highest BCUT2D eigenvalue weighted by atomic mass is 32.2. The molecule has 20 heavy (non-hydrogen) atoms. The Bertz CT molecular complexity index is 429. The Morgan fingerprint density at radius 3 is 1.60 bits per heavy atom. The summed E-state index contributed by atoms with van der Waals surface area (Å²) in [4.78, 5) is -0.0666. The Hall–Kier alpha value is -0.870. The van der Waals surface area contributed by atoms with Crippen molar-refractivity contribution in [2.24, 2.45) is 0 Å². The summed E-state index contributed by atoms with van der Waals surface area (Å²) in [5, 5.41) is 0. The SMILES string of the molecule is CCCCCCCCC.Cc1ccc(S(=O)(=O)O)cc1. The molecule has 0 aliphatic heterocycles. The van der Waals surface area contributed by atoms with Crippen molar-refractivity contribution in [1.82, 2.24) is 0 Å². The molecule has 116 valence electrons. The largest absolute Gasteiger partial charge is 0.294 e. The Kier molecular flexibility index (Phi) is 10.4. The van der Waals surface area contributed by atoms with Gasteiger partial charge in [-0.05, 0) is 19.1 Å². The Labute approximate surface area is 124 Å². The Balaban J connectivity index is 0.000000370. The van der Waals surface area contributed by atoms with E-state index < -0.39 is 10.1 Å². The highest BCUT2D eigenvalue weighted by Gasteiger charge is 2.06. The van der Waals surface area contributed by atoms with E-state index in [0.717, 1.165) is 5.56 Å². The van der Waals surface area contributed by atoms with Crippen LogP contribution in [0.2, 0.25) is 0 Å². The molecule has 1 aromatic rings. The van der Waals surface area contributed by atoms with Crippen molar-refractivity contribution in [3.05, 3.63) is 29.8 Å². The molecule has 0 aliphatic carbocycles. The minimum atomic E-state index is -4.02. The number of unbranched alkanes of at least 4 members (excludes halogenated alkanes) is 6. The van der Waals surface area contributed by atoms with Gasteiger partial charge in [-0.15, -0.1) is 0 Å². The van der Waals surface area contributed by atoms with Crippen LogP contribution in [-0.2, 0) is 10.1 Å². The third-order valence-corrected chi connectivity index (χ3v) is 3.89. The van der Waals surface area contributed by atoms with Crippen LogP contribution in [0.3, 0.4) is 0 Å². The Morgan fingerprint density at radius 2 is 1.25 bits per heavy atom. The smallest absolute Gasteiger partial charge is 0.282 e. The standard InChI is InChI=1S/C9H20.C7H8O3S/c1-3-5-7-9-8-6-4-2;1-6-2-4-7(5-3-6)11(8,9)10/h3-9H2,1-2H3;2-5H,1H3,(H,8,9,10). The monoisotopic (exact) mass is 300 g/mol. The third kappa shape index (κ3) is 9.98. The maximum Gasteiger partial charge on any atom is 0.294 e. The number of hydrogen-bond acceptors (Lipinski definition) is 2. The number of rotatable bonds is 7. The van der Waals surface area contributed by atoms with Crippen LogP contribution in [0, 0.1) is 6.92 Å². The minimum Gasteiger partial charge on any atom is -0.282 e. The second-order valence-electron chi connectivity index (χ2n) is 5.06. The highest BCUT2D eigenvalue weighted by molar-refractivity contribution is 7.85. The lowest BCUT2D eigenvalue weighted by Gasteiger charge is -1.96. The lowest BCUT2D eigenvalue weighted by molar-refractivity contribution is 0.483. The van der Waals surface area contributed by atoms with Crippen LogP contribution in [0.1, 0.15) is 64.4 Å². The van der Waals surface area contributed by atoms with Gasteiger partial charge < -0.3 is 0 Å². The molecule has 1 aromatic carbocycles. The van der Waals surface area contributed by atoms with Crippen LogP contribution in [0.15, 0.2) is 29.2 Å². The molecule has 0 spiro atoms. The minimum absolute atomic E-state index is 0.0666. The van der Waals surface area contributed by atoms with Crippen molar-refractivity contribution in [2.45, 2.75) is 70.6 Å². The molecule has 0 atom stereocenters. The first-order chi connectivity index (χ1) is 9.41. The first-order valence-corrected chi connectivity index (χ1v) is 8.90. The topological polar surface area (TPSA) is 54.4 Å². The predicted octanol–water partition coefficient (Wildman–Crippen LogP) is 5.00. The van der Waals surface area contributed by atoms with Gasteiger partial charge in [-0.2, -0.15) is 8.42 Å². The molecule has 3 nitrogen and oxygen atoms in total. The average molecular weight is 300 g/mol. The van der Waals surface area contributed by atoms with Crippen LogP contribution in [0.5, 0.6) is 0 Å². The Morgan fingerprint density at radius 1 is 0.850 bits per heavy atom. The van der Waals surface area contributed by atoms with E-state index in [1.54, 1.807) is 12.1 Å². The van der Waals surface area contributed by atoms with Crippen molar-refractivity contribution in [1.29, 1.82) is 0 Å². The van der Waals surface area contributed by atoms with Crippen LogP contribution in [0.4, 0.5) is 0 Å². The zero-order valence-corrected chi connectivity index (χ0v) is 13.7. The van der Waals surface area contributed by atoms with Gasteiger partial charge >= 0.3 is 0 Å². The maximum absolute atomic E-state index is 10.5. The van der Waals surface area contributed by atoms with Crippen molar-refractivity contribution >= 4 is 10.1 Å². The normalized spacial score (nSPS) is 10.8. The molecule has 0 aromatic heterocycles. The molecule has 0 saturated carbocycles. The lowest BCUT2D eigenvalue weighted by Crippen LogP contribution is -1.96. The van der Waals surface area contributed by atoms with E-state index in [9.17, 15) is 8.42 Å². The van der Waals surface area contributed by atoms with Crippen molar-refractivity contribution < 1.29 is 13.0 Å². The molecule has 0 heterocycles. The lowest BCUT2D eigenvalue weighted by atomic mass is 10.1. The molecule has 0 aliphatic rings. The number of hydrogen-bond donors (Lipinski definition) is 1. The van der Waals surface area contributed by atoms with Gasteiger partial charge in [0.1, 0.15) is 0 Å². The van der Waals surface area contributed by atoms with Gasteiger partial charge in [0.15, 0.2) is 0 Å². The molecule has 4 heteroatoms. The van der Waals surface area contributed by atoms with Crippen LogP contribution >= 0.6 is 0 Å². The van der Waals surface area contributed by atoms with E-state index in [4.69, 9.17) is 4.55 Å². The molecule has 0 fully saturated rings. The molecule has 0 bridgehead atoms. The fraction of sp³-hybridized carbons (Fsp3) is 0.625. The van der Waals surface area contributed by atoms with Gasteiger partial charge in [0.05, 0.1) is 4.90 Å². The predicted molar refractivity (Wildman–Crippen MR) is 84.7 cm³/mol. The molecule has 0 radical (unpaired) electrons. The zero-order valence-electron chi connectivity index (χ0n) is 12.9. The summed E-state index contributed by atoms with van der Waals surface area (Å²) in [6.45, 7) is 6.37. The summed E-state index contributed by atoms with van der Waals surface area (Å²) < 4.78 is 29.6. The summed E-state index contributed by atoms with van der Waals surface area (Å²) >= 11 is 0. The summed E-state index contributed by atoms with van der Waals surface area (Å²) in [7, 11) is -4.02. The molecular weight excluding hydrogens is 272 g/mol. The van der Waals surface area contributed by atoms with E-state index in [1.165, 1.54) is 57.1 Å². The summed E-state index contributed by atoms with van der Waals surface area (Å²) in [6.07, 6.45) is 9.97. The maximum atomic E-state index is 10.5. The second kappa shape index (κ2) is 10.9. The van der Waals surface area contributed by atoms with E-state index in [1.807, 2.05) is 6.92 Å². The summed E-state index contributed by atoms with van der Waals surface area (Å²) in [6, 6.07) is 5.99. The second-order valence-corrected chi connectivity index (χ2v) is 6.48. The fourth-order valence-corrected chi connectivity index (χ4v) is 2.22. The van der Waals surface area contributed by atoms with Crippen molar-refractivity contribution in [3.8, 4) is 0 Å². The van der Waals surface area contributed by atoms with Gasteiger partial charge in [0, 0.05) is 0 Å². The molecule has 0 unspecified atom stereocenters.